The number of carbonyl (C=O) groups excluding carboxylic acids is 1. The quantitative estimate of drug-likeness (QED) is 0.865. The molecule has 0 unspecified atom stereocenters. The molecule has 1 aromatic carbocycles. The summed E-state index contributed by atoms with van der Waals surface area (Å²) in [6, 6.07) is 5.01. The van der Waals surface area contributed by atoms with Gasteiger partial charge >= 0.3 is 5.97 Å². The molecule has 1 heterocycles. The van der Waals surface area contributed by atoms with Crippen molar-refractivity contribution in [3.63, 3.8) is 0 Å². The first-order chi connectivity index (χ1) is 11.5. The van der Waals surface area contributed by atoms with Gasteiger partial charge in [-0.1, -0.05) is 24.4 Å². The number of aliphatic carboxylic acids is 1. The number of nitrogens with zero attached hydrogens (tertiary/aromatic N) is 3. The molecule has 1 aliphatic carbocycles. The molecule has 0 spiro atoms. The molecule has 0 saturated heterocycles. The monoisotopic (exact) mass is 348 g/mol. The van der Waals surface area contributed by atoms with Gasteiger partial charge in [0.15, 0.2) is 0 Å². The summed E-state index contributed by atoms with van der Waals surface area (Å²) in [6.45, 7) is 0. The summed E-state index contributed by atoms with van der Waals surface area (Å²) < 4.78 is 1.51. The molecule has 0 aliphatic heterocycles. The standard InChI is InChI=1S/C16H17ClN4O3/c17-11-3-4-13(21-10-18-9-19-21)12(7-11)20-14(22)8-16(15(23)24)5-1-2-6-16/h3-4,7,9-10H,1-2,5-6,8H2,(H,20,22)(H,23,24). The van der Waals surface area contributed by atoms with E-state index in [2.05, 4.69) is 15.4 Å². The molecular weight excluding hydrogens is 332 g/mol. The van der Waals surface area contributed by atoms with Crippen molar-refractivity contribution in [1.29, 1.82) is 0 Å². The second-order valence-corrected chi connectivity index (χ2v) is 6.46. The molecule has 0 radical (unpaired) electrons. The summed E-state index contributed by atoms with van der Waals surface area (Å²) >= 11 is 6.02. The second-order valence-electron chi connectivity index (χ2n) is 6.02. The SMILES string of the molecule is O=C(CC1(C(=O)O)CCCC1)Nc1cc(Cl)ccc1-n1cncn1. The maximum atomic E-state index is 12.4. The molecular formula is C16H17ClN4O3. The summed E-state index contributed by atoms with van der Waals surface area (Å²) in [7, 11) is 0. The highest BCUT2D eigenvalue weighted by atomic mass is 35.5. The summed E-state index contributed by atoms with van der Waals surface area (Å²) in [4.78, 5) is 27.9. The van der Waals surface area contributed by atoms with Crippen LogP contribution in [0, 0.1) is 5.41 Å². The number of hydrogen-bond acceptors (Lipinski definition) is 4. The van der Waals surface area contributed by atoms with Crippen LogP contribution in [0.4, 0.5) is 5.69 Å². The van der Waals surface area contributed by atoms with Crippen molar-refractivity contribution in [3.8, 4) is 5.69 Å². The smallest absolute Gasteiger partial charge is 0.310 e. The Kier molecular flexibility index (Phi) is 4.53. The van der Waals surface area contributed by atoms with Crippen LogP contribution in [0.15, 0.2) is 30.9 Å². The number of anilines is 1. The Balaban J connectivity index is 1.82. The van der Waals surface area contributed by atoms with E-state index < -0.39 is 11.4 Å². The minimum Gasteiger partial charge on any atom is -0.481 e. The zero-order chi connectivity index (χ0) is 17.2. The lowest BCUT2D eigenvalue weighted by molar-refractivity contribution is -0.150. The average Bonchev–Trinajstić information content (AvgIpc) is 3.19. The van der Waals surface area contributed by atoms with Gasteiger partial charge in [-0.15, -0.1) is 0 Å². The Morgan fingerprint density at radius 3 is 2.71 bits per heavy atom. The Labute approximate surface area is 143 Å². The van der Waals surface area contributed by atoms with E-state index in [9.17, 15) is 14.7 Å². The van der Waals surface area contributed by atoms with E-state index >= 15 is 0 Å². The minimum atomic E-state index is -0.962. The molecule has 1 aliphatic rings. The fraction of sp³-hybridized carbons (Fsp3) is 0.375. The molecule has 126 valence electrons. The number of carbonyl (C=O) groups is 2. The van der Waals surface area contributed by atoms with E-state index in [0.29, 0.717) is 29.2 Å². The fourth-order valence-corrected chi connectivity index (χ4v) is 3.33. The lowest BCUT2D eigenvalue weighted by atomic mass is 9.82. The van der Waals surface area contributed by atoms with Gasteiger partial charge in [0.05, 0.1) is 16.8 Å². The van der Waals surface area contributed by atoms with Gasteiger partial charge in [0.25, 0.3) is 0 Å². The Morgan fingerprint density at radius 2 is 2.08 bits per heavy atom. The third-order valence-corrected chi connectivity index (χ3v) is 4.65. The van der Waals surface area contributed by atoms with Gasteiger partial charge in [-0.05, 0) is 31.0 Å². The zero-order valence-electron chi connectivity index (χ0n) is 12.9. The first kappa shape index (κ1) is 16.4. The zero-order valence-corrected chi connectivity index (χ0v) is 13.7. The average molecular weight is 349 g/mol. The summed E-state index contributed by atoms with van der Waals surface area (Å²) in [5.74, 6) is -1.25. The fourth-order valence-electron chi connectivity index (χ4n) is 3.16. The Hall–Kier alpha value is -2.41. The van der Waals surface area contributed by atoms with Crippen molar-refractivity contribution in [3.05, 3.63) is 35.9 Å². The van der Waals surface area contributed by atoms with Crippen molar-refractivity contribution >= 4 is 29.2 Å². The van der Waals surface area contributed by atoms with E-state index in [1.807, 2.05) is 0 Å². The highest BCUT2D eigenvalue weighted by Crippen LogP contribution is 2.41. The van der Waals surface area contributed by atoms with Gasteiger partial charge in [0.1, 0.15) is 12.7 Å². The van der Waals surface area contributed by atoms with E-state index in [0.717, 1.165) is 12.8 Å². The number of hydrogen-bond donors (Lipinski definition) is 2. The van der Waals surface area contributed by atoms with Gasteiger partial charge in [0.2, 0.25) is 5.91 Å². The van der Waals surface area contributed by atoms with Crippen LogP contribution in [0.3, 0.4) is 0 Å². The van der Waals surface area contributed by atoms with E-state index in [-0.39, 0.29) is 12.3 Å². The largest absolute Gasteiger partial charge is 0.481 e. The lowest BCUT2D eigenvalue weighted by Gasteiger charge is -2.23. The molecule has 24 heavy (non-hydrogen) atoms. The lowest BCUT2D eigenvalue weighted by Crippen LogP contribution is -2.32. The predicted octanol–water partition coefficient (Wildman–Crippen LogP) is 2.89. The normalized spacial score (nSPS) is 16.0. The third kappa shape index (κ3) is 3.26. The molecule has 2 N–H and O–H groups in total. The number of benzene rings is 1. The number of carboxylic acids is 1. The van der Waals surface area contributed by atoms with Crippen LogP contribution < -0.4 is 5.32 Å². The molecule has 8 heteroatoms. The molecule has 1 fully saturated rings. The van der Waals surface area contributed by atoms with Gasteiger partial charge in [-0.3, -0.25) is 9.59 Å². The molecule has 2 aromatic rings. The topological polar surface area (TPSA) is 97.1 Å². The third-order valence-electron chi connectivity index (χ3n) is 4.41. The Morgan fingerprint density at radius 1 is 1.33 bits per heavy atom. The highest BCUT2D eigenvalue weighted by Gasteiger charge is 2.43. The highest BCUT2D eigenvalue weighted by molar-refractivity contribution is 6.31. The van der Waals surface area contributed by atoms with Gasteiger partial charge in [-0.25, -0.2) is 9.67 Å². The number of nitrogens with one attached hydrogen (secondary N) is 1. The summed E-state index contributed by atoms with van der Waals surface area (Å²) in [5, 5.41) is 16.8. The Bertz CT molecular complexity index is 755. The van der Waals surface area contributed by atoms with Gasteiger partial charge in [-0.2, -0.15) is 5.10 Å². The molecule has 1 saturated carbocycles. The molecule has 7 nitrogen and oxygen atoms in total. The molecule has 3 rings (SSSR count). The first-order valence-corrected chi connectivity index (χ1v) is 8.06. The van der Waals surface area contributed by atoms with Crippen molar-refractivity contribution < 1.29 is 14.7 Å². The van der Waals surface area contributed by atoms with Gasteiger partial charge in [0, 0.05) is 11.4 Å². The maximum absolute atomic E-state index is 12.4. The number of rotatable bonds is 5. The summed E-state index contributed by atoms with van der Waals surface area (Å²) in [5.41, 5.74) is 0.119. The number of amides is 1. The van der Waals surface area contributed by atoms with Crippen molar-refractivity contribution in [2.45, 2.75) is 32.1 Å². The van der Waals surface area contributed by atoms with Crippen LogP contribution in [0.1, 0.15) is 32.1 Å². The van der Waals surface area contributed by atoms with Crippen molar-refractivity contribution in [1.82, 2.24) is 14.8 Å². The number of carboxylic acid groups (broad SMARTS) is 1. The number of aromatic nitrogens is 3. The van der Waals surface area contributed by atoms with E-state index in [1.54, 1.807) is 18.2 Å². The van der Waals surface area contributed by atoms with Crippen LogP contribution in [0.5, 0.6) is 0 Å². The minimum absolute atomic E-state index is 0.0500. The van der Waals surface area contributed by atoms with Crippen molar-refractivity contribution in [2.75, 3.05) is 5.32 Å². The predicted molar refractivity (Wildman–Crippen MR) is 88.2 cm³/mol. The molecule has 0 atom stereocenters. The maximum Gasteiger partial charge on any atom is 0.310 e. The second kappa shape index (κ2) is 6.60. The van der Waals surface area contributed by atoms with Crippen LogP contribution >= 0.6 is 11.6 Å². The van der Waals surface area contributed by atoms with Crippen LogP contribution in [-0.2, 0) is 9.59 Å². The van der Waals surface area contributed by atoms with Crippen LogP contribution in [0.25, 0.3) is 5.69 Å². The first-order valence-electron chi connectivity index (χ1n) is 7.68. The van der Waals surface area contributed by atoms with Gasteiger partial charge < -0.3 is 10.4 Å². The van der Waals surface area contributed by atoms with E-state index in [1.165, 1.54) is 17.3 Å². The number of halogens is 1. The van der Waals surface area contributed by atoms with E-state index in [4.69, 9.17) is 11.6 Å². The molecule has 1 amide bonds. The van der Waals surface area contributed by atoms with Crippen molar-refractivity contribution in [2.24, 2.45) is 5.41 Å². The molecule has 0 bridgehead atoms. The summed E-state index contributed by atoms with van der Waals surface area (Å²) in [6.07, 6.45) is 5.57. The van der Waals surface area contributed by atoms with Crippen LogP contribution in [-0.4, -0.2) is 31.7 Å². The van der Waals surface area contributed by atoms with Crippen LogP contribution in [0.2, 0.25) is 5.02 Å². The molecule has 1 aromatic heterocycles.